The minimum Gasteiger partial charge on any atom is -0.491 e. The lowest BCUT2D eigenvalue weighted by Gasteiger charge is -2.24. The summed E-state index contributed by atoms with van der Waals surface area (Å²) < 4.78 is 11.8. The molecule has 33 heavy (non-hydrogen) atoms. The van der Waals surface area contributed by atoms with Crippen molar-refractivity contribution in [2.24, 2.45) is 0 Å². The second-order valence-electron chi connectivity index (χ2n) is 8.48. The van der Waals surface area contributed by atoms with Crippen molar-refractivity contribution >= 4 is 17.5 Å². The quantitative estimate of drug-likeness (QED) is 0.506. The van der Waals surface area contributed by atoms with E-state index in [-0.39, 0.29) is 5.91 Å². The lowest BCUT2D eigenvalue weighted by molar-refractivity contribution is -0.132. The molecule has 0 spiro atoms. The van der Waals surface area contributed by atoms with Gasteiger partial charge in [0.15, 0.2) is 0 Å². The van der Waals surface area contributed by atoms with Gasteiger partial charge in [-0.1, -0.05) is 71.8 Å². The van der Waals surface area contributed by atoms with E-state index < -0.39 is 0 Å². The molecule has 4 nitrogen and oxygen atoms in total. The van der Waals surface area contributed by atoms with Crippen LogP contribution in [-0.4, -0.2) is 37.2 Å². The fraction of sp³-hybridized carbons (Fsp3) is 0.321. The predicted octanol–water partition coefficient (Wildman–Crippen LogP) is 5.61. The van der Waals surface area contributed by atoms with Crippen LogP contribution in [0.3, 0.4) is 0 Å². The number of aryl methyl sites for hydroxylation is 2. The Morgan fingerprint density at radius 3 is 2.70 bits per heavy atom. The summed E-state index contributed by atoms with van der Waals surface area (Å²) in [4.78, 5) is 15.0. The second kappa shape index (κ2) is 11.4. The Kier molecular flexibility index (Phi) is 8.03. The maximum Gasteiger partial charge on any atom is 0.223 e. The van der Waals surface area contributed by atoms with Gasteiger partial charge in [0.05, 0.1) is 13.2 Å². The van der Waals surface area contributed by atoms with Gasteiger partial charge in [0.1, 0.15) is 12.4 Å². The first-order chi connectivity index (χ1) is 16.1. The van der Waals surface area contributed by atoms with E-state index in [0.29, 0.717) is 50.8 Å². The monoisotopic (exact) mass is 463 g/mol. The summed E-state index contributed by atoms with van der Waals surface area (Å²) >= 11 is 6.28. The summed E-state index contributed by atoms with van der Waals surface area (Å²) in [5, 5.41) is 0.706. The molecule has 3 aromatic rings. The SMILES string of the molecule is Cc1ccc2c(c1)Cc1cccc(c1)CN(C(=O)CCc1ccccc1Cl)CCOCCO2. The van der Waals surface area contributed by atoms with Crippen LogP contribution in [0.5, 0.6) is 5.75 Å². The Labute approximate surface area is 201 Å². The third kappa shape index (κ3) is 6.59. The Morgan fingerprint density at radius 1 is 0.970 bits per heavy atom. The van der Waals surface area contributed by atoms with Crippen molar-refractivity contribution in [3.8, 4) is 5.75 Å². The van der Waals surface area contributed by atoms with Gasteiger partial charge >= 0.3 is 0 Å². The van der Waals surface area contributed by atoms with Gasteiger partial charge < -0.3 is 14.4 Å². The molecule has 2 bridgehead atoms. The van der Waals surface area contributed by atoms with Gasteiger partial charge in [0, 0.05) is 31.0 Å². The van der Waals surface area contributed by atoms with E-state index in [2.05, 4.69) is 43.3 Å². The number of halogens is 1. The molecule has 172 valence electrons. The molecule has 3 aromatic carbocycles. The number of amides is 1. The summed E-state index contributed by atoms with van der Waals surface area (Å²) in [5.41, 5.74) is 5.70. The molecule has 5 heteroatoms. The zero-order valence-corrected chi connectivity index (χ0v) is 19.8. The zero-order valence-electron chi connectivity index (χ0n) is 19.1. The van der Waals surface area contributed by atoms with Crippen molar-refractivity contribution in [1.29, 1.82) is 0 Å². The Morgan fingerprint density at radius 2 is 1.82 bits per heavy atom. The number of nitrogens with zero attached hydrogens (tertiary/aromatic N) is 1. The van der Waals surface area contributed by atoms with E-state index in [9.17, 15) is 4.79 Å². The summed E-state index contributed by atoms with van der Waals surface area (Å²) in [6.07, 6.45) is 1.82. The second-order valence-corrected chi connectivity index (χ2v) is 8.88. The Bertz CT molecular complexity index is 1100. The Balaban J connectivity index is 1.52. The number of benzene rings is 3. The fourth-order valence-electron chi connectivity index (χ4n) is 4.15. The van der Waals surface area contributed by atoms with Crippen LogP contribution in [0, 0.1) is 6.92 Å². The molecule has 0 N–H and O–H groups in total. The molecule has 0 aromatic heterocycles. The first kappa shape index (κ1) is 23.3. The van der Waals surface area contributed by atoms with Gasteiger partial charge in [0.2, 0.25) is 5.91 Å². The van der Waals surface area contributed by atoms with Crippen LogP contribution < -0.4 is 4.74 Å². The molecule has 0 saturated heterocycles. The molecule has 0 fully saturated rings. The van der Waals surface area contributed by atoms with Crippen molar-refractivity contribution < 1.29 is 14.3 Å². The highest BCUT2D eigenvalue weighted by atomic mass is 35.5. The topological polar surface area (TPSA) is 38.8 Å². The van der Waals surface area contributed by atoms with Crippen LogP contribution in [0.2, 0.25) is 5.02 Å². The lowest BCUT2D eigenvalue weighted by atomic mass is 10.00. The number of fused-ring (bicyclic) bond motifs is 3. The number of rotatable bonds is 3. The molecule has 0 atom stereocenters. The van der Waals surface area contributed by atoms with E-state index >= 15 is 0 Å². The summed E-state index contributed by atoms with van der Waals surface area (Å²) in [6.45, 7) is 4.65. The molecule has 0 saturated carbocycles. The molecule has 4 rings (SSSR count). The highest BCUT2D eigenvalue weighted by molar-refractivity contribution is 6.31. The summed E-state index contributed by atoms with van der Waals surface area (Å²) in [5.74, 6) is 1.01. The molecular formula is C28H30ClNO3. The molecular weight excluding hydrogens is 434 g/mol. The highest BCUT2D eigenvalue weighted by Gasteiger charge is 2.16. The highest BCUT2D eigenvalue weighted by Crippen LogP contribution is 2.24. The molecule has 0 radical (unpaired) electrons. The standard InChI is InChI=1S/C28H30ClNO3/c1-21-9-11-27-25(17-21)19-22-5-4-6-23(18-22)20-30(13-14-32-15-16-33-27)28(31)12-10-24-7-2-3-8-26(24)29/h2-9,11,17-18H,10,12-16,19-20H2,1H3. The number of hydrogen-bond acceptors (Lipinski definition) is 3. The molecule has 1 aliphatic heterocycles. The van der Waals surface area contributed by atoms with Gasteiger partial charge in [-0.3, -0.25) is 4.79 Å². The smallest absolute Gasteiger partial charge is 0.223 e. The van der Waals surface area contributed by atoms with E-state index in [1.807, 2.05) is 35.2 Å². The minimum atomic E-state index is 0.105. The third-order valence-electron chi connectivity index (χ3n) is 5.88. The molecule has 1 heterocycles. The van der Waals surface area contributed by atoms with Crippen molar-refractivity contribution in [3.63, 3.8) is 0 Å². The summed E-state index contributed by atoms with van der Waals surface area (Å²) in [7, 11) is 0. The maximum absolute atomic E-state index is 13.1. The molecule has 0 unspecified atom stereocenters. The van der Waals surface area contributed by atoms with Gasteiger partial charge in [0.25, 0.3) is 0 Å². The first-order valence-corrected chi connectivity index (χ1v) is 11.9. The average molecular weight is 464 g/mol. The van der Waals surface area contributed by atoms with Crippen LogP contribution in [-0.2, 0) is 28.9 Å². The van der Waals surface area contributed by atoms with Crippen molar-refractivity contribution in [1.82, 2.24) is 4.90 Å². The van der Waals surface area contributed by atoms with E-state index in [1.165, 1.54) is 11.1 Å². The van der Waals surface area contributed by atoms with E-state index in [1.54, 1.807) is 0 Å². The van der Waals surface area contributed by atoms with Crippen LogP contribution in [0.1, 0.15) is 34.2 Å². The van der Waals surface area contributed by atoms with E-state index in [0.717, 1.165) is 28.9 Å². The number of hydrogen-bond donors (Lipinski definition) is 0. The summed E-state index contributed by atoms with van der Waals surface area (Å²) in [6, 6.07) is 22.5. The molecule has 1 aliphatic rings. The van der Waals surface area contributed by atoms with Gasteiger partial charge in [-0.15, -0.1) is 0 Å². The van der Waals surface area contributed by atoms with Gasteiger partial charge in [-0.05, 0) is 47.7 Å². The number of ether oxygens (including phenoxy) is 2. The first-order valence-electron chi connectivity index (χ1n) is 11.5. The normalized spacial score (nSPS) is 14.7. The number of carbonyl (C=O) groups is 1. The molecule has 0 aliphatic carbocycles. The van der Waals surface area contributed by atoms with Gasteiger partial charge in [-0.25, -0.2) is 0 Å². The fourth-order valence-corrected chi connectivity index (χ4v) is 4.38. The van der Waals surface area contributed by atoms with Gasteiger partial charge in [-0.2, -0.15) is 0 Å². The third-order valence-corrected chi connectivity index (χ3v) is 6.25. The van der Waals surface area contributed by atoms with E-state index in [4.69, 9.17) is 21.1 Å². The molecule has 1 amide bonds. The van der Waals surface area contributed by atoms with Crippen LogP contribution in [0.15, 0.2) is 66.7 Å². The largest absolute Gasteiger partial charge is 0.491 e. The predicted molar refractivity (Wildman–Crippen MR) is 132 cm³/mol. The van der Waals surface area contributed by atoms with Crippen molar-refractivity contribution in [2.75, 3.05) is 26.4 Å². The number of carbonyl (C=O) groups excluding carboxylic acids is 1. The van der Waals surface area contributed by atoms with Crippen LogP contribution >= 0.6 is 11.6 Å². The van der Waals surface area contributed by atoms with Crippen LogP contribution in [0.25, 0.3) is 0 Å². The minimum absolute atomic E-state index is 0.105. The van der Waals surface area contributed by atoms with Crippen molar-refractivity contribution in [2.45, 2.75) is 32.7 Å². The zero-order chi connectivity index (χ0) is 23.0. The Hall–Kier alpha value is -2.82. The van der Waals surface area contributed by atoms with Crippen LogP contribution in [0.4, 0.5) is 0 Å². The lowest BCUT2D eigenvalue weighted by Crippen LogP contribution is -2.34. The van der Waals surface area contributed by atoms with Crippen molar-refractivity contribution in [3.05, 3.63) is 99.6 Å². The average Bonchev–Trinajstić information content (AvgIpc) is 2.81. The maximum atomic E-state index is 13.1.